The smallest absolute Gasteiger partial charge is 0.267 e. The van der Waals surface area contributed by atoms with Crippen molar-refractivity contribution in [2.24, 2.45) is 0 Å². The molecule has 9 nitrogen and oxygen atoms in total. The normalized spacial score (nSPS) is 17.3. The summed E-state index contributed by atoms with van der Waals surface area (Å²) in [6, 6.07) is 21.9. The molecule has 196 valence electrons. The van der Waals surface area contributed by atoms with Gasteiger partial charge in [0.15, 0.2) is 5.82 Å². The molecule has 4 N–H and O–H groups in total. The molecule has 0 spiro atoms. The number of fused-ring (bicyclic) bond motifs is 1. The summed E-state index contributed by atoms with van der Waals surface area (Å²) in [6.07, 6.45) is 6.15. The van der Waals surface area contributed by atoms with E-state index in [0.29, 0.717) is 17.2 Å². The maximum atomic E-state index is 13.0. The van der Waals surface area contributed by atoms with E-state index in [1.807, 2.05) is 47.0 Å². The van der Waals surface area contributed by atoms with Crippen LogP contribution in [0, 0.1) is 0 Å². The fourth-order valence-electron chi connectivity index (χ4n) is 5.37. The number of carbonyl (C=O) groups excluding carboxylic acids is 1. The third kappa shape index (κ3) is 4.68. The zero-order valence-corrected chi connectivity index (χ0v) is 21.2. The maximum absolute atomic E-state index is 13.0. The number of nitrogens with one attached hydrogen (secondary N) is 1. The van der Waals surface area contributed by atoms with Gasteiger partial charge in [-0.1, -0.05) is 30.3 Å². The minimum atomic E-state index is -0.480. The minimum Gasteiger partial charge on any atom is -0.393 e. The Bertz CT molecular complexity index is 1700. The molecule has 3 aromatic heterocycles. The Morgan fingerprint density at radius 2 is 1.72 bits per heavy atom. The van der Waals surface area contributed by atoms with Crippen molar-refractivity contribution in [3.63, 3.8) is 0 Å². The van der Waals surface area contributed by atoms with Crippen LogP contribution in [0.2, 0.25) is 0 Å². The summed E-state index contributed by atoms with van der Waals surface area (Å²) >= 11 is 0. The van der Waals surface area contributed by atoms with Crippen LogP contribution in [-0.4, -0.2) is 36.3 Å². The van der Waals surface area contributed by atoms with Crippen LogP contribution in [0.15, 0.2) is 90.1 Å². The number of benzene rings is 2. The zero-order chi connectivity index (χ0) is 26.9. The van der Waals surface area contributed by atoms with E-state index in [1.54, 1.807) is 24.4 Å². The van der Waals surface area contributed by atoms with Crippen molar-refractivity contribution in [3.05, 3.63) is 107 Å². The molecule has 0 atom stereocenters. The first-order valence-corrected chi connectivity index (χ1v) is 13.0. The number of hydrogen-bond donors (Lipinski definition) is 3. The summed E-state index contributed by atoms with van der Waals surface area (Å²) in [7, 11) is 0. The lowest BCUT2D eigenvalue weighted by atomic mass is 9.85. The van der Waals surface area contributed by atoms with Crippen LogP contribution in [0.25, 0.3) is 22.3 Å². The van der Waals surface area contributed by atoms with Crippen LogP contribution in [0.4, 0.5) is 11.5 Å². The third-order valence-corrected chi connectivity index (χ3v) is 7.41. The molecule has 1 saturated carbocycles. The van der Waals surface area contributed by atoms with Gasteiger partial charge in [-0.3, -0.25) is 14.2 Å². The zero-order valence-electron chi connectivity index (χ0n) is 21.2. The second kappa shape index (κ2) is 10.2. The Balaban J connectivity index is 1.28. The van der Waals surface area contributed by atoms with E-state index in [2.05, 4.69) is 21.5 Å². The lowest BCUT2D eigenvalue weighted by Gasteiger charge is -2.24. The summed E-state index contributed by atoms with van der Waals surface area (Å²) < 4.78 is 3.32. The number of para-hydroxylation sites is 1. The Labute approximate surface area is 224 Å². The van der Waals surface area contributed by atoms with E-state index in [-0.39, 0.29) is 17.6 Å². The number of carbonyl (C=O) groups is 1. The molecule has 0 radical (unpaired) electrons. The number of aliphatic hydroxyl groups excluding tert-OH is 1. The average Bonchev–Trinajstić information content (AvgIpc) is 3.35. The van der Waals surface area contributed by atoms with Gasteiger partial charge in [0.1, 0.15) is 17.4 Å². The van der Waals surface area contributed by atoms with Gasteiger partial charge in [0.05, 0.1) is 6.10 Å². The highest BCUT2D eigenvalue weighted by atomic mass is 16.3. The van der Waals surface area contributed by atoms with E-state index in [9.17, 15) is 14.7 Å². The molecule has 1 fully saturated rings. The lowest BCUT2D eigenvalue weighted by Crippen LogP contribution is -2.27. The van der Waals surface area contributed by atoms with Gasteiger partial charge < -0.3 is 16.2 Å². The van der Waals surface area contributed by atoms with Crippen LogP contribution in [-0.2, 0) is 0 Å². The summed E-state index contributed by atoms with van der Waals surface area (Å²) in [4.78, 5) is 30.2. The Morgan fingerprint density at radius 3 is 2.46 bits per heavy atom. The van der Waals surface area contributed by atoms with Gasteiger partial charge in [-0.15, -0.1) is 0 Å². The van der Waals surface area contributed by atoms with Gasteiger partial charge in [0.25, 0.3) is 11.5 Å². The Hall–Kier alpha value is -4.76. The van der Waals surface area contributed by atoms with Crippen LogP contribution in [0.1, 0.15) is 47.7 Å². The number of rotatable bonds is 5. The molecular weight excluding hydrogens is 492 g/mol. The van der Waals surface area contributed by atoms with Gasteiger partial charge in [0.2, 0.25) is 0 Å². The van der Waals surface area contributed by atoms with Gasteiger partial charge in [-0.25, -0.2) is 9.50 Å². The highest BCUT2D eigenvalue weighted by Crippen LogP contribution is 2.38. The van der Waals surface area contributed by atoms with Gasteiger partial charge in [-0.05, 0) is 73.7 Å². The van der Waals surface area contributed by atoms with Gasteiger partial charge in [-0.2, -0.15) is 5.10 Å². The Kier molecular flexibility index (Phi) is 6.42. The second-order valence-corrected chi connectivity index (χ2v) is 9.86. The number of aliphatic hydroxyl groups is 1. The van der Waals surface area contributed by atoms with Crippen molar-refractivity contribution in [1.82, 2.24) is 19.2 Å². The number of amides is 1. The first-order valence-electron chi connectivity index (χ1n) is 13.0. The number of anilines is 2. The van der Waals surface area contributed by atoms with Gasteiger partial charge >= 0.3 is 0 Å². The highest BCUT2D eigenvalue weighted by Gasteiger charge is 2.26. The van der Waals surface area contributed by atoms with E-state index in [4.69, 9.17) is 5.73 Å². The van der Waals surface area contributed by atoms with Crippen molar-refractivity contribution < 1.29 is 9.90 Å². The van der Waals surface area contributed by atoms with Crippen molar-refractivity contribution in [1.29, 1.82) is 0 Å². The quantitative estimate of drug-likeness (QED) is 0.315. The predicted molar refractivity (Wildman–Crippen MR) is 150 cm³/mol. The summed E-state index contributed by atoms with van der Waals surface area (Å²) in [5, 5.41) is 17.3. The molecular formula is C30H28N6O3. The molecule has 0 bridgehead atoms. The van der Waals surface area contributed by atoms with Crippen molar-refractivity contribution in [3.8, 4) is 16.8 Å². The van der Waals surface area contributed by atoms with E-state index in [1.165, 1.54) is 17.0 Å². The van der Waals surface area contributed by atoms with Crippen LogP contribution in [0.5, 0.6) is 0 Å². The molecule has 1 amide bonds. The van der Waals surface area contributed by atoms with Crippen molar-refractivity contribution in [2.75, 3.05) is 11.1 Å². The van der Waals surface area contributed by atoms with Crippen LogP contribution >= 0.6 is 0 Å². The minimum absolute atomic E-state index is 0.0519. The first-order chi connectivity index (χ1) is 19.0. The molecule has 1 aliphatic rings. The number of nitrogen functional groups attached to an aromatic ring is 1. The third-order valence-electron chi connectivity index (χ3n) is 7.41. The molecule has 0 saturated heterocycles. The fraction of sp³-hybridized carbons (Fsp3) is 0.200. The molecule has 2 aromatic carbocycles. The van der Waals surface area contributed by atoms with E-state index < -0.39 is 11.5 Å². The predicted octanol–water partition coefficient (Wildman–Crippen LogP) is 4.40. The molecule has 9 heteroatoms. The average molecular weight is 521 g/mol. The fourth-order valence-corrected chi connectivity index (χ4v) is 5.37. The largest absolute Gasteiger partial charge is 0.393 e. The summed E-state index contributed by atoms with van der Waals surface area (Å²) in [5.74, 6) is 0.179. The molecule has 0 unspecified atom stereocenters. The SMILES string of the molecule is Nc1ncnn2c(C3CCC(O)CC3)cc(-c3ccc(NC(=O)c4cccn(-c5ccccc5)c4=O)cc3)c12. The molecule has 39 heavy (non-hydrogen) atoms. The van der Waals surface area contributed by atoms with Crippen LogP contribution in [0.3, 0.4) is 0 Å². The number of nitrogens with zero attached hydrogens (tertiary/aromatic N) is 4. The Morgan fingerprint density at radius 1 is 0.974 bits per heavy atom. The van der Waals surface area contributed by atoms with Crippen molar-refractivity contribution >= 4 is 22.9 Å². The molecule has 5 aromatic rings. The topological polar surface area (TPSA) is 128 Å². The van der Waals surface area contributed by atoms with E-state index in [0.717, 1.165) is 48.0 Å². The number of nitrogens with two attached hydrogens (primary N) is 1. The maximum Gasteiger partial charge on any atom is 0.267 e. The number of pyridine rings is 1. The molecule has 3 heterocycles. The summed E-state index contributed by atoms with van der Waals surface area (Å²) in [5.41, 5.74) is 10.8. The second-order valence-electron chi connectivity index (χ2n) is 9.86. The summed E-state index contributed by atoms with van der Waals surface area (Å²) in [6.45, 7) is 0. The van der Waals surface area contributed by atoms with E-state index >= 15 is 0 Å². The van der Waals surface area contributed by atoms with Gasteiger partial charge in [0, 0.05) is 34.7 Å². The van der Waals surface area contributed by atoms with Crippen molar-refractivity contribution in [2.45, 2.75) is 37.7 Å². The highest BCUT2D eigenvalue weighted by molar-refractivity contribution is 6.04. The lowest BCUT2D eigenvalue weighted by molar-refractivity contribution is 0.102. The number of hydrogen-bond acceptors (Lipinski definition) is 6. The molecule has 6 rings (SSSR count). The standard InChI is InChI=1S/C30H28N6O3/c31-28-27-25(17-26(36(27)33-18-32-28)20-10-14-23(37)15-11-20)19-8-12-21(13-9-19)34-29(38)24-7-4-16-35(30(24)39)22-5-2-1-3-6-22/h1-9,12-13,16-18,20,23,37H,10-11,14-15H2,(H,34,38)(H2,31,32,33). The number of aromatic nitrogens is 4. The first kappa shape index (κ1) is 24.6. The monoisotopic (exact) mass is 520 g/mol. The molecule has 0 aliphatic heterocycles. The molecule has 1 aliphatic carbocycles. The van der Waals surface area contributed by atoms with Crippen LogP contribution < -0.4 is 16.6 Å².